The number of aromatic nitrogens is 4. The third-order valence-corrected chi connectivity index (χ3v) is 14.6. The van der Waals surface area contributed by atoms with Crippen LogP contribution >= 0.6 is 0 Å². The molecule has 3 amide bonds. The van der Waals surface area contributed by atoms with E-state index in [1.807, 2.05) is 86.0 Å². The molecule has 2 spiro atoms. The molecular weight excluding hydrogens is 827 g/mol. The third kappa shape index (κ3) is 6.90. The highest BCUT2D eigenvalue weighted by Gasteiger charge is 2.50. The molecule has 4 aromatic heterocycles. The molecule has 6 aliphatic rings. The molecule has 328 valence electrons. The minimum atomic E-state index is -0.954. The fraction of sp³-hybridized carbons (Fsp3) is 0.259. The Kier molecular flexibility index (Phi) is 9.07. The number of aryl methyl sites for hydroxylation is 2. The summed E-state index contributed by atoms with van der Waals surface area (Å²) < 4.78 is 0. The average Bonchev–Trinajstić information content (AvgIpc) is 4.18. The molecular formula is C54H47N7O5. The Morgan fingerprint density at radius 3 is 1.64 bits per heavy atom. The highest BCUT2D eigenvalue weighted by molar-refractivity contribution is 6.03. The summed E-state index contributed by atoms with van der Waals surface area (Å²) in [5.41, 5.74) is 17.6. The van der Waals surface area contributed by atoms with Crippen molar-refractivity contribution in [1.82, 2.24) is 35.9 Å². The van der Waals surface area contributed by atoms with Gasteiger partial charge in [-0.05, 0) is 123 Å². The molecule has 4 aliphatic carbocycles. The first kappa shape index (κ1) is 40.0. The highest BCUT2D eigenvalue weighted by Crippen LogP contribution is 2.47. The van der Waals surface area contributed by atoms with Gasteiger partial charge in [-0.2, -0.15) is 0 Å². The smallest absolute Gasteiger partial charge is 0.335 e. The number of H-pyrrole nitrogens is 2. The quantitative estimate of drug-likeness (QED) is 0.0969. The average molecular weight is 874 g/mol. The number of hydrogen-bond donors (Lipinski definition) is 6. The van der Waals surface area contributed by atoms with E-state index in [9.17, 15) is 24.3 Å². The molecule has 1 atom stereocenters. The van der Waals surface area contributed by atoms with Gasteiger partial charge in [0.2, 0.25) is 0 Å². The third-order valence-electron chi connectivity index (χ3n) is 14.6. The molecule has 0 radical (unpaired) electrons. The number of carbonyl (C=O) groups is 4. The van der Waals surface area contributed by atoms with Gasteiger partial charge in [0.15, 0.2) is 0 Å². The molecule has 6 heterocycles. The van der Waals surface area contributed by atoms with Crippen LogP contribution in [0.5, 0.6) is 0 Å². The number of nitrogens with one attached hydrogen (secondary N) is 5. The highest BCUT2D eigenvalue weighted by atomic mass is 16.4. The number of carboxylic acid groups (broad SMARTS) is 1. The minimum absolute atomic E-state index is 0.0250. The number of nitrogens with zero attached hydrogens (tertiary/aromatic N) is 2. The molecule has 2 aliphatic heterocycles. The SMILES string of the molecule is C[C@H](NC(=O)c1cccc(-c2cc3c(cn2)CCc2c-3[nH]c3c2C(=O)NC2(CC2)C3)c1)c1ccccc1.O=C(O)c1cccc(-c2cc3c(cn2)CCc2c-3[nH]c3c2C(=O)NC2(CC2)C3)c1. The summed E-state index contributed by atoms with van der Waals surface area (Å²) >= 11 is 0. The topological polar surface area (TPSA) is 182 Å². The van der Waals surface area contributed by atoms with Gasteiger partial charge in [0.25, 0.3) is 17.7 Å². The van der Waals surface area contributed by atoms with Crippen LogP contribution in [-0.4, -0.2) is 59.8 Å². The van der Waals surface area contributed by atoms with Gasteiger partial charge in [0, 0.05) is 75.5 Å². The van der Waals surface area contributed by atoms with Crippen molar-refractivity contribution in [1.29, 1.82) is 0 Å². The number of aromatic carboxylic acids is 1. The molecule has 0 saturated heterocycles. The monoisotopic (exact) mass is 873 g/mol. The Morgan fingerprint density at radius 2 is 1.14 bits per heavy atom. The second kappa shape index (κ2) is 15.0. The van der Waals surface area contributed by atoms with Gasteiger partial charge in [-0.15, -0.1) is 0 Å². The summed E-state index contributed by atoms with van der Waals surface area (Å²) in [7, 11) is 0. The van der Waals surface area contributed by atoms with Crippen molar-refractivity contribution in [2.24, 2.45) is 0 Å². The largest absolute Gasteiger partial charge is 0.478 e. The van der Waals surface area contributed by atoms with Gasteiger partial charge in [-0.3, -0.25) is 24.4 Å². The number of benzene rings is 3. The second-order valence-electron chi connectivity index (χ2n) is 19.0. The zero-order valence-corrected chi connectivity index (χ0v) is 36.4. The van der Waals surface area contributed by atoms with E-state index in [0.29, 0.717) is 5.56 Å². The van der Waals surface area contributed by atoms with Crippen molar-refractivity contribution in [3.63, 3.8) is 0 Å². The lowest BCUT2D eigenvalue weighted by Crippen LogP contribution is -2.43. The Balaban J connectivity index is 0.000000142. The number of pyridine rings is 2. The van der Waals surface area contributed by atoms with Gasteiger partial charge >= 0.3 is 5.97 Å². The van der Waals surface area contributed by atoms with Crippen LogP contribution in [0.25, 0.3) is 45.0 Å². The van der Waals surface area contributed by atoms with Gasteiger partial charge < -0.3 is 31.0 Å². The van der Waals surface area contributed by atoms with Crippen LogP contribution in [0.15, 0.2) is 103 Å². The molecule has 3 aromatic carbocycles. The molecule has 12 heteroatoms. The van der Waals surface area contributed by atoms with Crippen LogP contribution in [0.3, 0.4) is 0 Å². The summed E-state index contributed by atoms with van der Waals surface area (Å²) in [5, 5.41) is 18.8. The molecule has 0 bridgehead atoms. The zero-order valence-electron chi connectivity index (χ0n) is 36.4. The Labute approximate surface area is 380 Å². The van der Waals surface area contributed by atoms with Crippen LogP contribution in [-0.2, 0) is 38.5 Å². The van der Waals surface area contributed by atoms with Crippen molar-refractivity contribution in [3.05, 3.63) is 165 Å². The number of hydrogen-bond acceptors (Lipinski definition) is 6. The van der Waals surface area contributed by atoms with Crippen molar-refractivity contribution in [3.8, 4) is 45.0 Å². The van der Waals surface area contributed by atoms with Crippen LogP contribution in [0, 0.1) is 0 Å². The lowest BCUT2D eigenvalue weighted by Gasteiger charge is -2.24. The predicted octanol–water partition coefficient (Wildman–Crippen LogP) is 8.51. The Bertz CT molecular complexity index is 3210. The Hall–Kier alpha value is -7.60. The van der Waals surface area contributed by atoms with Crippen molar-refractivity contribution < 1.29 is 24.3 Å². The minimum Gasteiger partial charge on any atom is -0.478 e. The number of rotatable bonds is 6. The number of carboxylic acids is 1. The van der Waals surface area contributed by atoms with Crippen molar-refractivity contribution in [2.45, 2.75) is 88.3 Å². The summed E-state index contributed by atoms with van der Waals surface area (Å²) in [6.07, 6.45) is 13.1. The summed E-state index contributed by atoms with van der Waals surface area (Å²) in [4.78, 5) is 66.6. The van der Waals surface area contributed by atoms with Crippen LogP contribution in [0.2, 0.25) is 0 Å². The number of aromatic amines is 2. The van der Waals surface area contributed by atoms with E-state index < -0.39 is 5.97 Å². The molecule has 7 aromatic rings. The predicted molar refractivity (Wildman–Crippen MR) is 249 cm³/mol. The summed E-state index contributed by atoms with van der Waals surface area (Å²) in [5.74, 6) is -0.953. The molecule has 13 rings (SSSR count). The van der Waals surface area contributed by atoms with Crippen LogP contribution < -0.4 is 16.0 Å². The van der Waals surface area contributed by atoms with Gasteiger partial charge in [0.1, 0.15) is 0 Å². The lowest BCUT2D eigenvalue weighted by atomic mass is 9.87. The normalized spacial score (nSPS) is 17.5. The van der Waals surface area contributed by atoms with E-state index in [1.165, 1.54) is 5.56 Å². The fourth-order valence-corrected chi connectivity index (χ4v) is 10.6. The van der Waals surface area contributed by atoms with E-state index >= 15 is 0 Å². The maximum atomic E-state index is 13.0. The first-order chi connectivity index (χ1) is 32.0. The zero-order chi connectivity index (χ0) is 44.9. The van der Waals surface area contributed by atoms with Gasteiger partial charge in [-0.25, -0.2) is 4.79 Å². The van der Waals surface area contributed by atoms with Gasteiger partial charge in [0.05, 0.1) is 45.5 Å². The Morgan fingerprint density at radius 1 is 0.636 bits per heavy atom. The van der Waals surface area contributed by atoms with E-state index in [1.54, 1.807) is 18.2 Å². The molecule has 66 heavy (non-hydrogen) atoms. The van der Waals surface area contributed by atoms with Crippen molar-refractivity contribution >= 4 is 23.7 Å². The van der Waals surface area contributed by atoms with E-state index in [0.717, 1.165) is 154 Å². The molecule has 6 N–H and O–H groups in total. The first-order valence-electron chi connectivity index (χ1n) is 22.9. The van der Waals surface area contributed by atoms with Gasteiger partial charge in [-0.1, -0.05) is 54.6 Å². The maximum absolute atomic E-state index is 13.0. The number of amides is 3. The molecule has 2 fully saturated rings. The molecule has 2 saturated carbocycles. The number of fused-ring (bicyclic) bond motifs is 10. The second-order valence-corrected chi connectivity index (χ2v) is 19.0. The lowest BCUT2D eigenvalue weighted by molar-refractivity contribution is 0.0695. The standard InChI is InChI=1S/C31H28N4O2.C23H19N3O3/c1-18(19-6-3-2-4-7-19)33-29(36)21-9-5-8-20(14-21)25-15-24-22(17-32-25)10-11-23-27-26(34-28(23)24)16-31(12-13-31)35-30(27)37;27-21-19-15-5-4-14-11-24-17(12-2-1-3-13(8-12)22(28)29)9-16(14)20(15)25-18(19)10-23(26-21)6-7-23/h2-9,14-15,17-18,34H,10-13,16H2,1H3,(H,33,36)(H,35,37);1-3,8-9,11,25H,4-7,10H2,(H,26,27)(H,28,29)/t18-;/m0./s1. The fourth-order valence-electron chi connectivity index (χ4n) is 10.6. The molecule has 12 nitrogen and oxygen atoms in total. The van der Waals surface area contributed by atoms with Crippen molar-refractivity contribution in [2.75, 3.05) is 0 Å². The van der Waals surface area contributed by atoms with E-state index in [-0.39, 0.29) is 40.4 Å². The number of carbonyl (C=O) groups excluding carboxylic acids is 3. The maximum Gasteiger partial charge on any atom is 0.335 e. The van der Waals surface area contributed by atoms with Crippen LogP contribution in [0.4, 0.5) is 0 Å². The summed E-state index contributed by atoms with van der Waals surface area (Å²) in [6.45, 7) is 1.99. The van der Waals surface area contributed by atoms with E-state index in [2.05, 4.69) is 37.0 Å². The summed E-state index contributed by atoms with van der Waals surface area (Å²) in [6, 6.07) is 28.4. The van der Waals surface area contributed by atoms with E-state index in [4.69, 9.17) is 4.98 Å². The first-order valence-corrected chi connectivity index (χ1v) is 22.9. The van der Waals surface area contributed by atoms with Crippen LogP contribution in [0.1, 0.15) is 119 Å². The molecule has 0 unspecified atom stereocenters.